The molecular weight excluding hydrogens is 298 g/mol. The van der Waals surface area contributed by atoms with Gasteiger partial charge in [-0.2, -0.15) is 0 Å². The summed E-state index contributed by atoms with van der Waals surface area (Å²) in [5.41, 5.74) is 0.922. The van der Waals surface area contributed by atoms with Crippen LogP contribution in [0.4, 0.5) is 5.82 Å². The first kappa shape index (κ1) is 14.6. The first-order valence-electron chi connectivity index (χ1n) is 7.08. The molecule has 4 nitrogen and oxygen atoms in total. The Morgan fingerprint density at radius 1 is 1.09 bits per heavy atom. The Bertz CT molecular complexity index is 756. The molecule has 0 saturated heterocycles. The molecule has 0 bridgehead atoms. The lowest BCUT2D eigenvalue weighted by Crippen LogP contribution is -2.23. The number of aromatic nitrogens is 2. The summed E-state index contributed by atoms with van der Waals surface area (Å²) < 4.78 is 5.84. The topological polar surface area (TPSA) is 47.0 Å². The highest BCUT2D eigenvalue weighted by Crippen LogP contribution is 2.19. The van der Waals surface area contributed by atoms with Crippen molar-refractivity contribution in [3.8, 4) is 5.75 Å². The average Bonchev–Trinajstić information content (AvgIpc) is 2.55. The van der Waals surface area contributed by atoms with Crippen molar-refractivity contribution in [1.29, 1.82) is 0 Å². The van der Waals surface area contributed by atoms with E-state index in [1.807, 2.05) is 55.5 Å². The van der Waals surface area contributed by atoms with Crippen LogP contribution < -0.4 is 10.1 Å². The smallest absolute Gasteiger partial charge is 0.137 e. The van der Waals surface area contributed by atoms with Gasteiger partial charge in [-0.15, -0.1) is 0 Å². The fourth-order valence-electron chi connectivity index (χ4n) is 2.17. The molecule has 5 heteroatoms. The minimum atomic E-state index is -0.00472. The standard InChI is InChI=1S/C17H16ClN3O/c1-12(22-14-8-6-13(18)7-9-14)10-19-17-15-4-2-3-5-16(15)20-11-21-17/h2-9,11-12H,10H2,1H3,(H,19,20,21). The molecule has 0 aliphatic carbocycles. The van der Waals surface area contributed by atoms with Crippen molar-refractivity contribution in [1.82, 2.24) is 9.97 Å². The number of nitrogens with one attached hydrogen (secondary N) is 1. The van der Waals surface area contributed by atoms with Crippen molar-refractivity contribution >= 4 is 28.3 Å². The van der Waals surface area contributed by atoms with E-state index < -0.39 is 0 Å². The Kier molecular flexibility index (Phi) is 4.39. The number of halogens is 1. The summed E-state index contributed by atoms with van der Waals surface area (Å²) >= 11 is 5.86. The van der Waals surface area contributed by atoms with Gasteiger partial charge in [-0.1, -0.05) is 23.7 Å². The highest BCUT2D eigenvalue weighted by molar-refractivity contribution is 6.30. The Balaban J connectivity index is 1.65. The summed E-state index contributed by atoms with van der Waals surface area (Å²) in [6.45, 7) is 2.65. The number of ether oxygens (including phenoxy) is 1. The van der Waals surface area contributed by atoms with Crippen LogP contribution in [-0.4, -0.2) is 22.6 Å². The number of fused-ring (bicyclic) bond motifs is 1. The third-order valence-corrected chi connectivity index (χ3v) is 3.50. The number of anilines is 1. The van der Waals surface area contributed by atoms with E-state index in [2.05, 4.69) is 15.3 Å². The van der Waals surface area contributed by atoms with Crippen molar-refractivity contribution in [2.24, 2.45) is 0 Å². The number of benzene rings is 2. The highest BCUT2D eigenvalue weighted by atomic mass is 35.5. The summed E-state index contributed by atoms with van der Waals surface area (Å²) in [5, 5.41) is 5.02. The van der Waals surface area contributed by atoms with E-state index in [1.54, 1.807) is 6.33 Å². The number of hydrogen-bond acceptors (Lipinski definition) is 4. The van der Waals surface area contributed by atoms with E-state index in [-0.39, 0.29) is 6.10 Å². The molecule has 3 rings (SSSR count). The van der Waals surface area contributed by atoms with E-state index in [0.717, 1.165) is 22.5 Å². The molecule has 0 spiro atoms. The minimum Gasteiger partial charge on any atom is -0.489 e. The Hall–Kier alpha value is -2.33. The zero-order valence-corrected chi connectivity index (χ0v) is 12.9. The predicted molar refractivity (Wildman–Crippen MR) is 89.6 cm³/mol. The molecule has 1 unspecified atom stereocenters. The molecule has 2 aromatic carbocycles. The van der Waals surface area contributed by atoms with Crippen LogP contribution in [0.5, 0.6) is 5.75 Å². The molecule has 0 amide bonds. The van der Waals surface area contributed by atoms with E-state index in [4.69, 9.17) is 16.3 Å². The minimum absolute atomic E-state index is 0.00472. The maximum absolute atomic E-state index is 5.86. The van der Waals surface area contributed by atoms with Crippen LogP contribution in [0, 0.1) is 0 Å². The van der Waals surface area contributed by atoms with Gasteiger partial charge in [0.1, 0.15) is 24.0 Å². The third-order valence-electron chi connectivity index (χ3n) is 3.25. The first-order valence-corrected chi connectivity index (χ1v) is 7.46. The molecule has 0 aliphatic heterocycles. The van der Waals surface area contributed by atoms with Crippen LogP contribution in [0.1, 0.15) is 6.92 Å². The Labute approximate surface area is 134 Å². The van der Waals surface area contributed by atoms with Crippen LogP contribution in [0.3, 0.4) is 0 Å². The predicted octanol–water partition coefficient (Wildman–Crippen LogP) is 4.16. The van der Waals surface area contributed by atoms with Gasteiger partial charge in [0.15, 0.2) is 0 Å². The molecule has 1 aromatic heterocycles. The van der Waals surface area contributed by atoms with Gasteiger partial charge in [-0.3, -0.25) is 0 Å². The molecule has 0 aliphatic rings. The maximum Gasteiger partial charge on any atom is 0.137 e. The van der Waals surface area contributed by atoms with E-state index in [9.17, 15) is 0 Å². The summed E-state index contributed by atoms with van der Waals surface area (Å²) in [5.74, 6) is 1.61. The van der Waals surface area contributed by atoms with Gasteiger partial charge >= 0.3 is 0 Å². The number of rotatable bonds is 5. The Morgan fingerprint density at radius 3 is 2.68 bits per heavy atom. The highest BCUT2D eigenvalue weighted by Gasteiger charge is 2.07. The largest absolute Gasteiger partial charge is 0.489 e. The van der Waals surface area contributed by atoms with Gasteiger partial charge in [-0.25, -0.2) is 9.97 Å². The second kappa shape index (κ2) is 6.62. The SMILES string of the molecule is CC(CNc1ncnc2ccccc12)Oc1ccc(Cl)cc1. The van der Waals surface area contributed by atoms with Crippen molar-refractivity contribution in [2.45, 2.75) is 13.0 Å². The van der Waals surface area contributed by atoms with Crippen molar-refractivity contribution < 1.29 is 4.74 Å². The van der Waals surface area contributed by atoms with Crippen LogP contribution in [0.15, 0.2) is 54.9 Å². The molecule has 0 saturated carbocycles. The van der Waals surface area contributed by atoms with Crippen molar-refractivity contribution in [3.63, 3.8) is 0 Å². The molecule has 1 N–H and O–H groups in total. The molecule has 1 heterocycles. The van der Waals surface area contributed by atoms with Crippen LogP contribution in [-0.2, 0) is 0 Å². The first-order chi connectivity index (χ1) is 10.7. The Morgan fingerprint density at radius 2 is 1.86 bits per heavy atom. The number of hydrogen-bond donors (Lipinski definition) is 1. The lowest BCUT2D eigenvalue weighted by Gasteiger charge is -2.16. The molecule has 0 radical (unpaired) electrons. The summed E-state index contributed by atoms with van der Waals surface area (Å²) in [4.78, 5) is 8.55. The second-order valence-corrected chi connectivity index (χ2v) is 5.44. The van der Waals surface area contributed by atoms with Crippen LogP contribution in [0.2, 0.25) is 5.02 Å². The summed E-state index contributed by atoms with van der Waals surface area (Å²) in [7, 11) is 0. The molecule has 0 fully saturated rings. The van der Waals surface area contributed by atoms with Crippen molar-refractivity contribution in [2.75, 3.05) is 11.9 Å². The van der Waals surface area contributed by atoms with Gasteiger partial charge in [0, 0.05) is 10.4 Å². The quantitative estimate of drug-likeness (QED) is 0.768. The normalized spacial score (nSPS) is 12.1. The molecule has 3 aromatic rings. The van der Waals surface area contributed by atoms with Gasteiger partial charge in [0.2, 0.25) is 0 Å². The number of nitrogens with zero attached hydrogens (tertiary/aromatic N) is 2. The average molecular weight is 314 g/mol. The summed E-state index contributed by atoms with van der Waals surface area (Å²) in [6.07, 6.45) is 1.56. The summed E-state index contributed by atoms with van der Waals surface area (Å²) in [6, 6.07) is 15.3. The van der Waals surface area contributed by atoms with Gasteiger partial charge in [0.25, 0.3) is 0 Å². The van der Waals surface area contributed by atoms with E-state index in [1.165, 1.54) is 0 Å². The molecule has 22 heavy (non-hydrogen) atoms. The zero-order valence-electron chi connectivity index (χ0n) is 12.2. The molecule has 1 atom stereocenters. The lowest BCUT2D eigenvalue weighted by molar-refractivity contribution is 0.234. The van der Waals surface area contributed by atoms with Crippen LogP contribution in [0.25, 0.3) is 10.9 Å². The third kappa shape index (κ3) is 3.46. The van der Waals surface area contributed by atoms with Crippen LogP contribution >= 0.6 is 11.6 Å². The molecule has 112 valence electrons. The monoisotopic (exact) mass is 313 g/mol. The maximum atomic E-state index is 5.86. The van der Waals surface area contributed by atoms with E-state index in [0.29, 0.717) is 11.6 Å². The molecular formula is C17H16ClN3O. The second-order valence-electron chi connectivity index (χ2n) is 5.00. The van der Waals surface area contributed by atoms with Crippen molar-refractivity contribution in [3.05, 3.63) is 59.9 Å². The lowest BCUT2D eigenvalue weighted by atomic mass is 10.2. The zero-order chi connectivity index (χ0) is 15.4. The van der Waals surface area contributed by atoms with Gasteiger partial charge < -0.3 is 10.1 Å². The number of para-hydroxylation sites is 1. The van der Waals surface area contributed by atoms with Gasteiger partial charge in [0.05, 0.1) is 12.1 Å². The van der Waals surface area contributed by atoms with E-state index >= 15 is 0 Å². The fourth-order valence-corrected chi connectivity index (χ4v) is 2.30. The fraction of sp³-hybridized carbons (Fsp3) is 0.176. The van der Waals surface area contributed by atoms with Gasteiger partial charge in [-0.05, 0) is 43.3 Å².